The van der Waals surface area contributed by atoms with Crippen LogP contribution in [0.5, 0.6) is 5.75 Å². The van der Waals surface area contributed by atoms with E-state index in [4.69, 9.17) is 11.6 Å². The van der Waals surface area contributed by atoms with Gasteiger partial charge in [0, 0.05) is 15.2 Å². The third-order valence-electron chi connectivity index (χ3n) is 2.31. The van der Waals surface area contributed by atoms with Gasteiger partial charge in [-0.2, -0.15) is 0 Å². The number of rotatable bonds is 2. The molecular formula is C13H9ClINO2. The van der Waals surface area contributed by atoms with Crippen molar-refractivity contribution in [1.29, 1.82) is 0 Å². The van der Waals surface area contributed by atoms with Crippen molar-refractivity contribution in [1.82, 2.24) is 0 Å². The summed E-state index contributed by atoms with van der Waals surface area (Å²) >= 11 is 8.08. The number of hydrogen-bond acceptors (Lipinski definition) is 2. The van der Waals surface area contributed by atoms with E-state index in [2.05, 4.69) is 27.9 Å². The van der Waals surface area contributed by atoms with Crippen LogP contribution in [0.3, 0.4) is 0 Å². The van der Waals surface area contributed by atoms with Gasteiger partial charge in [-0.1, -0.05) is 11.6 Å². The van der Waals surface area contributed by atoms with Crippen LogP contribution >= 0.6 is 34.2 Å². The van der Waals surface area contributed by atoms with Crippen LogP contribution in [-0.4, -0.2) is 11.0 Å². The number of nitrogens with one attached hydrogen (secondary N) is 1. The molecule has 18 heavy (non-hydrogen) atoms. The van der Waals surface area contributed by atoms with E-state index in [1.165, 1.54) is 12.1 Å². The highest BCUT2D eigenvalue weighted by molar-refractivity contribution is 14.1. The van der Waals surface area contributed by atoms with E-state index in [1.807, 2.05) is 12.1 Å². The van der Waals surface area contributed by atoms with Crippen LogP contribution in [0.15, 0.2) is 42.5 Å². The zero-order valence-electron chi connectivity index (χ0n) is 9.15. The predicted molar refractivity (Wildman–Crippen MR) is 80.2 cm³/mol. The third-order valence-corrected chi connectivity index (χ3v) is 3.34. The van der Waals surface area contributed by atoms with Crippen molar-refractivity contribution in [2.75, 3.05) is 5.32 Å². The van der Waals surface area contributed by atoms with Crippen LogP contribution in [0.25, 0.3) is 0 Å². The molecule has 0 aliphatic carbocycles. The fourth-order valence-corrected chi connectivity index (χ4v) is 1.98. The van der Waals surface area contributed by atoms with Crippen LogP contribution in [-0.2, 0) is 0 Å². The first-order chi connectivity index (χ1) is 8.56. The predicted octanol–water partition coefficient (Wildman–Crippen LogP) is 3.90. The van der Waals surface area contributed by atoms with Crippen LogP contribution in [0.1, 0.15) is 10.4 Å². The van der Waals surface area contributed by atoms with Gasteiger partial charge in [0.25, 0.3) is 5.91 Å². The number of halogens is 2. The van der Waals surface area contributed by atoms with Crippen molar-refractivity contribution in [3.63, 3.8) is 0 Å². The first-order valence-electron chi connectivity index (χ1n) is 5.12. The minimum Gasteiger partial charge on any atom is -0.508 e. The van der Waals surface area contributed by atoms with Crippen molar-refractivity contribution < 1.29 is 9.90 Å². The van der Waals surface area contributed by atoms with Crippen molar-refractivity contribution in [2.45, 2.75) is 0 Å². The summed E-state index contributed by atoms with van der Waals surface area (Å²) in [5.41, 5.74) is 1.03. The largest absolute Gasteiger partial charge is 0.508 e. The lowest BCUT2D eigenvalue weighted by atomic mass is 10.2. The van der Waals surface area contributed by atoms with E-state index in [9.17, 15) is 9.90 Å². The van der Waals surface area contributed by atoms with Crippen molar-refractivity contribution >= 4 is 45.8 Å². The van der Waals surface area contributed by atoms with Gasteiger partial charge in [-0.15, -0.1) is 0 Å². The van der Waals surface area contributed by atoms with E-state index in [1.54, 1.807) is 18.2 Å². The Kier molecular flexibility index (Phi) is 4.08. The van der Waals surface area contributed by atoms with Gasteiger partial charge < -0.3 is 10.4 Å². The lowest BCUT2D eigenvalue weighted by Gasteiger charge is -2.07. The SMILES string of the molecule is O=C(Nc1ccc(O)cc1Cl)c1ccc(I)cc1. The zero-order chi connectivity index (χ0) is 13.1. The molecule has 0 heterocycles. The molecule has 0 bridgehead atoms. The first kappa shape index (κ1) is 13.2. The Morgan fingerprint density at radius 2 is 1.83 bits per heavy atom. The van der Waals surface area contributed by atoms with Crippen LogP contribution < -0.4 is 5.32 Å². The minimum atomic E-state index is -0.237. The number of amides is 1. The summed E-state index contributed by atoms with van der Waals surface area (Å²) in [5.74, 6) is -0.175. The molecule has 0 saturated heterocycles. The Balaban J connectivity index is 2.18. The molecular weight excluding hydrogens is 365 g/mol. The molecule has 92 valence electrons. The van der Waals surface area contributed by atoms with E-state index in [0.717, 1.165) is 3.57 Å². The van der Waals surface area contributed by atoms with E-state index < -0.39 is 0 Å². The maximum Gasteiger partial charge on any atom is 0.255 e. The van der Waals surface area contributed by atoms with E-state index >= 15 is 0 Å². The normalized spacial score (nSPS) is 10.1. The summed E-state index contributed by atoms with van der Waals surface area (Å²) in [5, 5.41) is 12.2. The van der Waals surface area contributed by atoms with E-state index in [0.29, 0.717) is 16.3 Å². The monoisotopic (exact) mass is 373 g/mol. The highest BCUT2D eigenvalue weighted by Crippen LogP contribution is 2.26. The molecule has 5 heteroatoms. The summed E-state index contributed by atoms with van der Waals surface area (Å²) in [6, 6.07) is 11.6. The molecule has 0 aliphatic heterocycles. The third kappa shape index (κ3) is 3.14. The molecule has 0 saturated carbocycles. The second-order valence-electron chi connectivity index (χ2n) is 3.63. The van der Waals surface area contributed by atoms with Crippen LogP contribution in [0.4, 0.5) is 5.69 Å². The molecule has 3 nitrogen and oxygen atoms in total. The summed E-state index contributed by atoms with van der Waals surface area (Å²) in [6.07, 6.45) is 0. The van der Waals surface area contributed by atoms with E-state index in [-0.39, 0.29) is 11.7 Å². The number of phenols is 1. The first-order valence-corrected chi connectivity index (χ1v) is 6.57. The second kappa shape index (κ2) is 5.58. The number of carbonyl (C=O) groups excluding carboxylic acids is 1. The minimum absolute atomic E-state index is 0.0623. The smallest absolute Gasteiger partial charge is 0.255 e. The lowest BCUT2D eigenvalue weighted by Crippen LogP contribution is -2.12. The molecule has 0 unspecified atom stereocenters. The summed E-state index contributed by atoms with van der Waals surface area (Å²) in [6.45, 7) is 0. The molecule has 2 aromatic rings. The Bertz CT molecular complexity index is 584. The Labute approximate surface area is 123 Å². The quantitative estimate of drug-likeness (QED) is 0.619. The van der Waals surface area contributed by atoms with Gasteiger partial charge in [-0.3, -0.25) is 4.79 Å². The molecule has 0 radical (unpaired) electrons. The Hall–Kier alpha value is -1.27. The van der Waals surface area contributed by atoms with Crippen molar-refractivity contribution in [3.8, 4) is 5.75 Å². The van der Waals surface area contributed by atoms with Crippen LogP contribution in [0.2, 0.25) is 5.02 Å². The zero-order valence-corrected chi connectivity index (χ0v) is 12.1. The fourth-order valence-electron chi connectivity index (χ4n) is 1.40. The number of benzene rings is 2. The van der Waals surface area contributed by atoms with Gasteiger partial charge in [0.2, 0.25) is 0 Å². The number of aromatic hydroxyl groups is 1. The number of hydrogen-bond donors (Lipinski definition) is 2. The van der Waals surface area contributed by atoms with Gasteiger partial charge in [0.15, 0.2) is 0 Å². The molecule has 0 fully saturated rings. The Morgan fingerprint density at radius 3 is 2.44 bits per heavy atom. The maximum atomic E-state index is 11.9. The highest BCUT2D eigenvalue weighted by Gasteiger charge is 2.08. The highest BCUT2D eigenvalue weighted by atomic mass is 127. The molecule has 0 aromatic heterocycles. The number of carbonyl (C=O) groups is 1. The van der Waals surface area contributed by atoms with Gasteiger partial charge in [0.1, 0.15) is 5.75 Å². The van der Waals surface area contributed by atoms with Crippen molar-refractivity contribution in [3.05, 3.63) is 56.6 Å². The summed E-state index contributed by atoms with van der Waals surface area (Å²) in [7, 11) is 0. The topological polar surface area (TPSA) is 49.3 Å². The van der Waals surface area contributed by atoms with Gasteiger partial charge in [-0.05, 0) is 59.0 Å². The van der Waals surface area contributed by atoms with Gasteiger partial charge in [0.05, 0.1) is 10.7 Å². The number of phenolic OH excluding ortho intramolecular Hbond substituents is 1. The van der Waals surface area contributed by atoms with Crippen LogP contribution in [0, 0.1) is 3.57 Å². The molecule has 1 amide bonds. The molecule has 0 spiro atoms. The molecule has 0 aliphatic rings. The standard InChI is InChI=1S/C13H9ClINO2/c14-11-7-10(17)5-6-12(11)16-13(18)8-1-3-9(15)4-2-8/h1-7,17H,(H,16,18). The lowest BCUT2D eigenvalue weighted by molar-refractivity contribution is 0.102. The van der Waals surface area contributed by atoms with Crippen molar-refractivity contribution in [2.24, 2.45) is 0 Å². The summed E-state index contributed by atoms with van der Waals surface area (Å²) in [4.78, 5) is 11.9. The van der Waals surface area contributed by atoms with Gasteiger partial charge in [-0.25, -0.2) is 0 Å². The molecule has 2 aromatic carbocycles. The maximum absolute atomic E-state index is 11.9. The van der Waals surface area contributed by atoms with Gasteiger partial charge >= 0.3 is 0 Å². The average Bonchev–Trinajstić information content (AvgIpc) is 2.33. The summed E-state index contributed by atoms with van der Waals surface area (Å²) < 4.78 is 1.06. The second-order valence-corrected chi connectivity index (χ2v) is 5.28. The molecule has 2 rings (SSSR count). The molecule has 0 atom stereocenters. The number of anilines is 1. The Morgan fingerprint density at radius 1 is 1.17 bits per heavy atom. The molecule has 2 N–H and O–H groups in total. The average molecular weight is 374 g/mol. The fraction of sp³-hybridized carbons (Fsp3) is 0.